The molecule has 2 unspecified atom stereocenters. The first kappa shape index (κ1) is 25.2. The van der Waals surface area contributed by atoms with Crippen molar-refractivity contribution in [2.24, 2.45) is 11.8 Å². The number of benzene rings is 2. The van der Waals surface area contributed by atoms with Gasteiger partial charge in [-0.05, 0) is 98.8 Å². The molecule has 2 aliphatic rings. The minimum absolute atomic E-state index is 0.0113. The predicted molar refractivity (Wildman–Crippen MR) is 133 cm³/mol. The number of halogens is 2. The van der Waals surface area contributed by atoms with Gasteiger partial charge in [0, 0.05) is 0 Å². The van der Waals surface area contributed by atoms with Crippen LogP contribution in [0.5, 0.6) is 5.75 Å². The van der Waals surface area contributed by atoms with Crippen LogP contribution in [0.4, 0.5) is 8.78 Å². The van der Waals surface area contributed by atoms with Crippen LogP contribution in [0.25, 0.3) is 0 Å². The van der Waals surface area contributed by atoms with Crippen molar-refractivity contribution in [3.05, 3.63) is 64.7 Å². The molecule has 2 aromatic carbocycles. The highest BCUT2D eigenvalue weighted by Gasteiger charge is 2.25. The first-order valence-corrected chi connectivity index (χ1v) is 13.4. The maximum atomic E-state index is 14.4. The lowest BCUT2D eigenvalue weighted by molar-refractivity contribution is -0.0192. The van der Waals surface area contributed by atoms with E-state index in [1.165, 1.54) is 55.7 Å². The highest BCUT2D eigenvalue weighted by Crippen LogP contribution is 2.39. The lowest BCUT2D eigenvalue weighted by atomic mass is 9.77. The van der Waals surface area contributed by atoms with E-state index in [4.69, 9.17) is 9.47 Å². The minimum Gasteiger partial charge on any atom is -0.491 e. The summed E-state index contributed by atoms with van der Waals surface area (Å²) in [6, 6.07) is 12.3. The molecule has 1 heterocycles. The topological polar surface area (TPSA) is 18.5 Å². The summed E-state index contributed by atoms with van der Waals surface area (Å²) in [5.41, 5.74) is 3.17. The summed E-state index contributed by atoms with van der Waals surface area (Å²) in [5.74, 6) is 0.364. The second kappa shape index (κ2) is 12.2. The predicted octanol–water partition coefficient (Wildman–Crippen LogP) is 8.54. The first-order valence-electron chi connectivity index (χ1n) is 13.4. The Balaban J connectivity index is 1.24. The fraction of sp³-hybridized carbons (Fsp3) is 0.600. The highest BCUT2D eigenvalue weighted by atomic mass is 19.2. The first-order chi connectivity index (χ1) is 16.6. The van der Waals surface area contributed by atoms with Gasteiger partial charge in [-0.1, -0.05) is 50.1 Å². The van der Waals surface area contributed by atoms with Crippen molar-refractivity contribution in [2.75, 3.05) is 13.2 Å². The molecule has 2 aromatic rings. The summed E-state index contributed by atoms with van der Waals surface area (Å²) in [6.45, 7) is 5.05. The van der Waals surface area contributed by atoms with Gasteiger partial charge in [-0.3, -0.25) is 0 Å². The van der Waals surface area contributed by atoms with Crippen LogP contribution in [0.1, 0.15) is 100 Å². The summed E-state index contributed by atoms with van der Waals surface area (Å²) in [6.07, 6.45) is 11.6. The molecule has 0 N–H and O–H groups in total. The Morgan fingerprint density at radius 3 is 2.15 bits per heavy atom. The van der Waals surface area contributed by atoms with Crippen molar-refractivity contribution in [3.63, 3.8) is 0 Å². The van der Waals surface area contributed by atoms with Gasteiger partial charge in [0.2, 0.25) is 5.82 Å². The van der Waals surface area contributed by atoms with Crippen LogP contribution in [0.3, 0.4) is 0 Å². The molecular weight excluding hydrogens is 430 g/mol. The van der Waals surface area contributed by atoms with E-state index in [0.29, 0.717) is 37.0 Å². The summed E-state index contributed by atoms with van der Waals surface area (Å²) in [7, 11) is 0. The monoisotopic (exact) mass is 470 g/mol. The summed E-state index contributed by atoms with van der Waals surface area (Å²) in [4.78, 5) is 0. The van der Waals surface area contributed by atoms with Crippen molar-refractivity contribution in [2.45, 2.75) is 90.1 Å². The molecule has 2 atom stereocenters. The van der Waals surface area contributed by atoms with Crippen LogP contribution in [0.2, 0.25) is 0 Å². The van der Waals surface area contributed by atoms with E-state index >= 15 is 0 Å². The van der Waals surface area contributed by atoms with Crippen LogP contribution < -0.4 is 4.74 Å². The van der Waals surface area contributed by atoms with Crippen molar-refractivity contribution >= 4 is 0 Å². The normalized spacial score (nSPS) is 25.3. The summed E-state index contributed by atoms with van der Waals surface area (Å²) in [5, 5.41) is 0. The van der Waals surface area contributed by atoms with Crippen LogP contribution >= 0.6 is 0 Å². The molecule has 0 spiro atoms. The van der Waals surface area contributed by atoms with Crippen molar-refractivity contribution < 1.29 is 18.3 Å². The Labute approximate surface area is 204 Å². The quantitative estimate of drug-likeness (QED) is 0.365. The Kier molecular flexibility index (Phi) is 8.99. The minimum atomic E-state index is -0.878. The van der Waals surface area contributed by atoms with Crippen molar-refractivity contribution in [1.29, 1.82) is 0 Å². The van der Waals surface area contributed by atoms with Crippen LogP contribution in [-0.4, -0.2) is 13.2 Å². The third-order valence-corrected chi connectivity index (χ3v) is 7.94. The van der Waals surface area contributed by atoms with E-state index in [9.17, 15) is 8.78 Å². The van der Waals surface area contributed by atoms with Gasteiger partial charge in [-0.25, -0.2) is 4.39 Å². The molecule has 2 nitrogen and oxygen atoms in total. The van der Waals surface area contributed by atoms with E-state index < -0.39 is 11.6 Å². The number of hydrogen-bond donors (Lipinski definition) is 0. The number of aryl methyl sites for hydroxylation is 1. The Hall–Kier alpha value is -1.94. The fourth-order valence-corrected chi connectivity index (χ4v) is 5.86. The number of ether oxygens (including phenoxy) is 2. The molecule has 0 amide bonds. The van der Waals surface area contributed by atoms with Gasteiger partial charge in [0.15, 0.2) is 11.6 Å². The molecular formula is C30H40F2O2. The Bertz CT molecular complexity index is 895. The molecule has 34 heavy (non-hydrogen) atoms. The fourth-order valence-electron chi connectivity index (χ4n) is 5.86. The van der Waals surface area contributed by atoms with E-state index in [2.05, 4.69) is 31.2 Å². The van der Waals surface area contributed by atoms with Crippen LogP contribution in [0.15, 0.2) is 36.4 Å². The largest absolute Gasteiger partial charge is 0.491 e. The zero-order chi connectivity index (χ0) is 23.9. The molecule has 4 rings (SSSR count). The highest BCUT2D eigenvalue weighted by molar-refractivity contribution is 5.31. The van der Waals surface area contributed by atoms with Crippen LogP contribution in [0, 0.1) is 23.5 Å². The van der Waals surface area contributed by atoms with E-state index in [0.717, 1.165) is 25.2 Å². The third-order valence-electron chi connectivity index (χ3n) is 7.94. The van der Waals surface area contributed by atoms with E-state index in [-0.39, 0.29) is 11.9 Å². The zero-order valence-corrected chi connectivity index (χ0v) is 20.8. The molecule has 186 valence electrons. The van der Waals surface area contributed by atoms with Gasteiger partial charge in [0.1, 0.15) is 0 Å². The van der Waals surface area contributed by atoms with Gasteiger partial charge in [0.25, 0.3) is 0 Å². The van der Waals surface area contributed by atoms with Gasteiger partial charge >= 0.3 is 0 Å². The van der Waals surface area contributed by atoms with Gasteiger partial charge < -0.3 is 9.47 Å². The SMILES string of the molecule is CCCC1CCC(c2ccc(C3CCC(CCc4ccc(OCC)c(F)c4F)CO3)cc2)CC1. The lowest BCUT2D eigenvalue weighted by Crippen LogP contribution is -2.21. The second-order valence-electron chi connectivity index (χ2n) is 10.3. The zero-order valence-electron chi connectivity index (χ0n) is 20.8. The Morgan fingerprint density at radius 2 is 1.50 bits per heavy atom. The molecule has 4 heteroatoms. The number of rotatable bonds is 9. The van der Waals surface area contributed by atoms with E-state index in [1.54, 1.807) is 13.0 Å². The molecule has 1 aliphatic carbocycles. The molecule has 2 fully saturated rings. The smallest absolute Gasteiger partial charge is 0.200 e. The molecule has 0 radical (unpaired) electrons. The molecule has 1 aliphatic heterocycles. The molecule has 1 saturated heterocycles. The standard InChI is InChI=1S/C30H40F2O2/c1-3-5-21-6-10-23(11-7-21)24-13-15-25(16-14-24)27-18-9-22(20-34-27)8-12-26-17-19-28(33-4-2)30(32)29(26)31/h13-17,19,21-23,27H,3-12,18,20H2,1-2H3. The molecule has 1 saturated carbocycles. The average Bonchev–Trinajstić information content (AvgIpc) is 2.88. The van der Waals surface area contributed by atoms with Gasteiger partial charge in [0.05, 0.1) is 19.3 Å². The second-order valence-corrected chi connectivity index (χ2v) is 10.3. The number of hydrogen-bond acceptors (Lipinski definition) is 2. The van der Waals surface area contributed by atoms with Gasteiger partial charge in [-0.15, -0.1) is 0 Å². The molecule has 0 bridgehead atoms. The van der Waals surface area contributed by atoms with Crippen molar-refractivity contribution in [1.82, 2.24) is 0 Å². The summed E-state index contributed by atoms with van der Waals surface area (Å²) < 4.78 is 39.8. The lowest BCUT2D eigenvalue weighted by Gasteiger charge is -2.30. The van der Waals surface area contributed by atoms with Crippen LogP contribution in [-0.2, 0) is 11.2 Å². The Morgan fingerprint density at radius 1 is 0.794 bits per heavy atom. The van der Waals surface area contributed by atoms with Crippen molar-refractivity contribution in [3.8, 4) is 5.75 Å². The summed E-state index contributed by atoms with van der Waals surface area (Å²) >= 11 is 0. The van der Waals surface area contributed by atoms with Gasteiger partial charge in [-0.2, -0.15) is 4.39 Å². The average molecular weight is 471 g/mol. The maximum absolute atomic E-state index is 14.4. The third kappa shape index (κ3) is 6.19. The molecule has 0 aromatic heterocycles. The maximum Gasteiger partial charge on any atom is 0.200 e. The van der Waals surface area contributed by atoms with E-state index in [1.807, 2.05) is 0 Å².